The van der Waals surface area contributed by atoms with Crippen LogP contribution in [0.4, 0.5) is 9.52 Å². The molecule has 4 aromatic rings. The summed E-state index contributed by atoms with van der Waals surface area (Å²) >= 11 is 2.85. The van der Waals surface area contributed by atoms with Gasteiger partial charge in [-0.2, -0.15) is 0 Å². The third-order valence-electron chi connectivity index (χ3n) is 4.93. The highest BCUT2D eigenvalue weighted by molar-refractivity contribution is 7.22. The van der Waals surface area contributed by atoms with Crippen molar-refractivity contribution < 1.29 is 9.18 Å². The number of amides is 1. The molecule has 2 aromatic carbocycles. The highest BCUT2D eigenvalue weighted by Crippen LogP contribution is 2.31. The van der Waals surface area contributed by atoms with Gasteiger partial charge in [0.2, 0.25) is 0 Å². The minimum atomic E-state index is -0.302. The zero-order valence-corrected chi connectivity index (χ0v) is 19.1. The van der Waals surface area contributed by atoms with Crippen LogP contribution in [0.15, 0.2) is 41.9 Å². The Morgan fingerprint density at radius 2 is 1.80 bits per heavy atom. The van der Waals surface area contributed by atoms with Crippen molar-refractivity contribution in [3.05, 3.63) is 53.3 Å². The van der Waals surface area contributed by atoms with Gasteiger partial charge in [-0.05, 0) is 49.5 Å². The van der Waals surface area contributed by atoms with Crippen molar-refractivity contribution in [3.63, 3.8) is 0 Å². The van der Waals surface area contributed by atoms with Gasteiger partial charge in [-0.25, -0.2) is 14.4 Å². The van der Waals surface area contributed by atoms with E-state index < -0.39 is 0 Å². The fourth-order valence-corrected chi connectivity index (χ4v) is 4.94. The number of nitrogens with zero attached hydrogens (tertiary/aromatic N) is 4. The fourth-order valence-electron chi connectivity index (χ4n) is 3.21. The molecule has 0 saturated heterocycles. The molecule has 0 saturated carbocycles. The largest absolute Gasteiger partial charge is 0.302 e. The predicted molar refractivity (Wildman–Crippen MR) is 126 cm³/mol. The number of carbonyl (C=O) groups excluding carboxylic acids is 1. The second-order valence-electron chi connectivity index (χ2n) is 6.63. The average molecular weight is 465 g/mol. The van der Waals surface area contributed by atoms with E-state index in [2.05, 4.69) is 28.7 Å². The molecular formula is C21H22ClFN4OS2. The Bertz CT molecular complexity index is 1160. The van der Waals surface area contributed by atoms with Gasteiger partial charge in [0, 0.05) is 18.7 Å². The maximum absolute atomic E-state index is 13.6. The number of halogens is 2. The van der Waals surface area contributed by atoms with E-state index in [1.807, 2.05) is 18.2 Å². The molecule has 2 heterocycles. The van der Waals surface area contributed by atoms with Crippen LogP contribution >= 0.6 is 35.1 Å². The summed E-state index contributed by atoms with van der Waals surface area (Å²) < 4.78 is 15.3. The van der Waals surface area contributed by atoms with Gasteiger partial charge in [-0.3, -0.25) is 9.69 Å². The molecule has 2 aromatic heterocycles. The van der Waals surface area contributed by atoms with Gasteiger partial charge in [0.25, 0.3) is 5.91 Å². The molecule has 0 aliphatic carbocycles. The van der Waals surface area contributed by atoms with Crippen LogP contribution in [0.2, 0.25) is 0 Å². The Morgan fingerprint density at radius 1 is 1.03 bits per heavy atom. The van der Waals surface area contributed by atoms with Crippen molar-refractivity contribution in [1.29, 1.82) is 0 Å². The maximum Gasteiger partial charge on any atom is 0.260 e. The number of benzene rings is 2. The van der Waals surface area contributed by atoms with Crippen molar-refractivity contribution >= 4 is 66.6 Å². The molecule has 0 unspecified atom stereocenters. The van der Waals surface area contributed by atoms with Gasteiger partial charge in [-0.1, -0.05) is 25.2 Å². The molecule has 0 N–H and O–H groups in total. The molecule has 0 radical (unpaired) electrons. The summed E-state index contributed by atoms with van der Waals surface area (Å²) in [7, 11) is 0. The zero-order valence-electron chi connectivity index (χ0n) is 16.7. The van der Waals surface area contributed by atoms with E-state index in [1.165, 1.54) is 34.8 Å². The van der Waals surface area contributed by atoms with E-state index in [4.69, 9.17) is 0 Å². The second-order valence-corrected chi connectivity index (χ2v) is 8.52. The molecular weight excluding hydrogens is 443 g/mol. The van der Waals surface area contributed by atoms with Crippen LogP contribution in [0, 0.1) is 5.82 Å². The van der Waals surface area contributed by atoms with Crippen LogP contribution in [0.1, 0.15) is 24.2 Å². The molecule has 4 rings (SSSR count). The Kier molecular flexibility index (Phi) is 7.36. The fraction of sp³-hybridized carbons (Fsp3) is 0.286. The number of rotatable bonds is 7. The molecule has 0 atom stereocenters. The maximum atomic E-state index is 13.6. The van der Waals surface area contributed by atoms with E-state index in [9.17, 15) is 9.18 Å². The number of hydrogen-bond donors (Lipinski definition) is 0. The smallest absolute Gasteiger partial charge is 0.260 e. The van der Waals surface area contributed by atoms with Gasteiger partial charge in [-0.15, -0.1) is 23.7 Å². The minimum Gasteiger partial charge on any atom is -0.302 e. The van der Waals surface area contributed by atoms with Crippen molar-refractivity contribution in [2.24, 2.45) is 0 Å². The molecule has 158 valence electrons. The molecule has 0 spiro atoms. The number of aromatic nitrogens is 2. The molecule has 1 amide bonds. The molecule has 9 heteroatoms. The summed E-state index contributed by atoms with van der Waals surface area (Å²) in [5, 5.41) is 0.590. The first-order valence-corrected chi connectivity index (χ1v) is 11.2. The van der Waals surface area contributed by atoms with Crippen LogP contribution < -0.4 is 4.90 Å². The monoisotopic (exact) mass is 464 g/mol. The van der Waals surface area contributed by atoms with Crippen molar-refractivity contribution in [2.75, 3.05) is 31.1 Å². The van der Waals surface area contributed by atoms with Crippen LogP contribution in [-0.2, 0) is 0 Å². The van der Waals surface area contributed by atoms with E-state index >= 15 is 0 Å². The Balaban J connectivity index is 0.00000256. The van der Waals surface area contributed by atoms with Gasteiger partial charge >= 0.3 is 0 Å². The van der Waals surface area contributed by atoms with E-state index in [1.54, 1.807) is 16.5 Å². The summed E-state index contributed by atoms with van der Waals surface area (Å²) in [6.07, 6.45) is 0. The molecule has 0 fully saturated rings. The molecule has 0 aliphatic rings. The highest BCUT2D eigenvalue weighted by Gasteiger charge is 2.22. The molecule has 0 aliphatic heterocycles. The van der Waals surface area contributed by atoms with E-state index in [0.29, 0.717) is 22.8 Å². The number of hydrogen-bond acceptors (Lipinski definition) is 6. The van der Waals surface area contributed by atoms with Gasteiger partial charge in [0.05, 0.1) is 25.9 Å². The average Bonchev–Trinajstić information content (AvgIpc) is 3.36. The minimum absolute atomic E-state index is 0. The molecule has 5 nitrogen and oxygen atoms in total. The van der Waals surface area contributed by atoms with Crippen molar-refractivity contribution in [1.82, 2.24) is 14.9 Å². The molecule has 30 heavy (non-hydrogen) atoms. The second kappa shape index (κ2) is 9.78. The van der Waals surface area contributed by atoms with E-state index in [0.717, 1.165) is 34.6 Å². The lowest BCUT2D eigenvalue weighted by Crippen LogP contribution is -2.38. The predicted octanol–water partition coefficient (Wildman–Crippen LogP) is 5.46. The third kappa shape index (κ3) is 4.62. The van der Waals surface area contributed by atoms with Crippen molar-refractivity contribution in [3.8, 4) is 0 Å². The van der Waals surface area contributed by atoms with Crippen LogP contribution in [0.5, 0.6) is 0 Å². The number of likely N-dealkylation sites (N-methyl/N-ethyl adjacent to an activating group) is 1. The number of thiazole rings is 2. The van der Waals surface area contributed by atoms with Gasteiger partial charge in [0.1, 0.15) is 5.82 Å². The number of fused-ring (bicyclic) bond motifs is 2. The first kappa shape index (κ1) is 22.6. The SMILES string of the molecule is CCN(CC)CCN(C(=O)c1ccc2ncsc2c1)c1nc2ccc(F)cc2s1.Cl. The van der Waals surface area contributed by atoms with Crippen LogP contribution in [-0.4, -0.2) is 47.0 Å². The van der Waals surface area contributed by atoms with E-state index in [-0.39, 0.29) is 24.1 Å². The molecule has 0 bridgehead atoms. The summed E-state index contributed by atoms with van der Waals surface area (Å²) in [6.45, 7) is 7.30. The zero-order chi connectivity index (χ0) is 20.4. The first-order valence-electron chi connectivity index (χ1n) is 9.52. The normalized spacial score (nSPS) is 11.2. The summed E-state index contributed by atoms with van der Waals surface area (Å²) in [4.78, 5) is 26.3. The van der Waals surface area contributed by atoms with Crippen molar-refractivity contribution in [2.45, 2.75) is 13.8 Å². The summed E-state index contributed by atoms with van der Waals surface area (Å²) in [5.74, 6) is -0.406. The Hall–Kier alpha value is -2.13. The number of carbonyl (C=O) groups is 1. The Labute approximate surface area is 188 Å². The quantitative estimate of drug-likeness (QED) is 0.364. The standard InChI is InChI=1S/C21H21FN4OS2.ClH/c1-3-25(4-2)9-10-26(21-24-17-8-6-15(22)12-19(17)29-21)20(27)14-5-7-16-18(11-14)28-13-23-16;/h5-8,11-13H,3-4,9-10H2,1-2H3;1H. The Morgan fingerprint density at radius 3 is 2.57 bits per heavy atom. The van der Waals surface area contributed by atoms with Crippen LogP contribution in [0.3, 0.4) is 0 Å². The lowest BCUT2D eigenvalue weighted by atomic mass is 10.2. The lowest BCUT2D eigenvalue weighted by molar-refractivity contribution is 0.0984. The summed E-state index contributed by atoms with van der Waals surface area (Å²) in [5.41, 5.74) is 3.97. The number of anilines is 1. The van der Waals surface area contributed by atoms with Gasteiger partial charge < -0.3 is 4.90 Å². The highest BCUT2D eigenvalue weighted by atomic mass is 35.5. The first-order chi connectivity index (χ1) is 14.1. The topological polar surface area (TPSA) is 49.3 Å². The third-order valence-corrected chi connectivity index (χ3v) is 6.76. The summed E-state index contributed by atoms with van der Waals surface area (Å²) in [6, 6.07) is 10.1. The van der Waals surface area contributed by atoms with Gasteiger partial charge in [0.15, 0.2) is 5.13 Å². The van der Waals surface area contributed by atoms with Crippen LogP contribution in [0.25, 0.3) is 20.4 Å². The lowest BCUT2D eigenvalue weighted by Gasteiger charge is -2.24.